The zero-order valence-electron chi connectivity index (χ0n) is 12.3. The summed E-state index contributed by atoms with van der Waals surface area (Å²) >= 11 is 0. The minimum atomic E-state index is 0. The highest BCUT2D eigenvalue weighted by molar-refractivity contribution is 14.0. The van der Waals surface area contributed by atoms with Crippen molar-refractivity contribution in [1.29, 1.82) is 0 Å². The lowest BCUT2D eigenvalue weighted by Gasteiger charge is -2.13. The second-order valence-electron chi connectivity index (χ2n) is 5.39. The van der Waals surface area contributed by atoms with Gasteiger partial charge in [0.05, 0.1) is 0 Å². The molecule has 0 bridgehead atoms. The molecule has 2 aromatic rings. The summed E-state index contributed by atoms with van der Waals surface area (Å²) in [5, 5.41) is 9.38. The van der Waals surface area contributed by atoms with Gasteiger partial charge in [0.2, 0.25) is 0 Å². The quantitative estimate of drug-likeness (QED) is 0.472. The van der Waals surface area contributed by atoms with E-state index in [-0.39, 0.29) is 24.0 Å². The van der Waals surface area contributed by atoms with Gasteiger partial charge >= 0.3 is 0 Å². The Hall–Kier alpha value is -1.30. The Bertz CT molecular complexity index is 615. The van der Waals surface area contributed by atoms with Gasteiger partial charge in [0.15, 0.2) is 5.96 Å². The first-order valence-corrected chi connectivity index (χ1v) is 7.28. The van der Waals surface area contributed by atoms with Gasteiger partial charge in [-0.25, -0.2) is 0 Å². The molecule has 0 aromatic heterocycles. The normalized spacial score (nSPS) is 14.6. The molecule has 0 unspecified atom stereocenters. The highest BCUT2D eigenvalue weighted by atomic mass is 127. The van der Waals surface area contributed by atoms with Crippen molar-refractivity contribution in [3.63, 3.8) is 0 Å². The number of nitrogens with zero attached hydrogens (tertiary/aromatic N) is 1. The van der Waals surface area contributed by atoms with Crippen LogP contribution in [0, 0.1) is 5.92 Å². The predicted octanol–water partition coefficient (Wildman–Crippen LogP) is 3.53. The molecule has 21 heavy (non-hydrogen) atoms. The van der Waals surface area contributed by atoms with Crippen molar-refractivity contribution in [3.05, 3.63) is 48.0 Å². The van der Waals surface area contributed by atoms with Gasteiger partial charge in [0.25, 0.3) is 0 Å². The molecule has 2 aromatic carbocycles. The number of hydrogen-bond acceptors (Lipinski definition) is 1. The summed E-state index contributed by atoms with van der Waals surface area (Å²) in [6, 6.07) is 14.9. The van der Waals surface area contributed by atoms with Gasteiger partial charge < -0.3 is 10.6 Å². The van der Waals surface area contributed by atoms with E-state index in [0.29, 0.717) is 0 Å². The van der Waals surface area contributed by atoms with Crippen molar-refractivity contribution >= 4 is 40.7 Å². The van der Waals surface area contributed by atoms with Crippen molar-refractivity contribution in [2.24, 2.45) is 10.9 Å². The van der Waals surface area contributed by atoms with Crippen LogP contribution in [0.25, 0.3) is 10.8 Å². The smallest absolute Gasteiger partial charge is 0.191 e. The van der Waals surface area contributed by atoms with E-state index in [1.165, 1.54) is 29.2 Å². The second kappa shape index (κ2) is 7.64. The van der Waals surface area contributed by atoms with Crippen molar-refractivity contribution < 1.29 is 0 Å². The van der Waals surface area contributed by atoms with E-state index in [1.54, 1.807) is 0 Å². The summed E-state index contributed by atoms with van der Waals surface area (Å²) in [5.41, 5.74) is 1.30. The number of nitrogens with one attached hydrogen (secondary N) is 2. The average molecular weight is 395 g/mol. The van der Waals surface area contributed by atoms with Crippen LogP contribution >= 0.6 is 24.0 Å². The van der Waals surface area contributed by atoms with Crippen LogP contribution in [0.1, 0.15) is 18.4 Å². The van der Waals surface area contributed by atoms with Crippen molar-refractivity contribution in [2.75, 3.05) is 13.6 Å². The van der Waals surface area contributed by atoms with E-state index >= 15 is 0 Å². The Kier molecular flexibility index (Phi) is 5.85. The Morgan fingerprint density at radius 2 is 1.86 bits per heavy atom. The molecule has 3 nitrogen and oxygen atoms in total. The largest absolute Gasteiger partial charge is 0.356 e. The summed E-state index contributed by atoms with van der Waals surface area (Å²) in [4.78, 5) is 4.28. The lowest BCUT2D eigenvalue weighted by atomic mass is 10.0. The van der Waals surface area contributed by atoms with Crippen LogP contribution in [0.3, 0.4) is 0 Å². The van der Waals surface area contributed by atoms with Gasteiger partial charge in [0.1, 0.15) is 0 Å². The lowest BCUT2D eigenvalue weighted by molar-refractivity contribution is 0.738. The highest BCUT2D eigenvalue weighted by Crippen LogP contribution is 2.27. The summed E-state index contributed by atoms with van der Waals surface area (Å²) in [7, 11) is 1.82. The number of halogens is 1. The molecule has 0 aliphatic heterocycles. The minimum absolute atomic E-state index is 0. The zero-order valence-corrected chi connectivity index (χ0v) is 14.6. The number of fused-ring (bicyclic) bond motifs is 1. The van der Waals surface area contributed by atoms with Crippen LogP contribution in [0.5, 0.6) is 0 Å². The molecular formula is C17H22IN3. The van der Waals surface area contributed by atoms with Gasteiger partial charge in [-0.05, 0) is 35.1 Å². The molecule has 0 spiro atoms. The van der Waals surface area contributed by atoms with Gasteiger partial charge in [-0.15, -0.1) is 24.0 Å². The first-order valence-electron chi connectivity index (χ1n) is 7.28. The molecule has 2 N–H and O–H groups in total. The molecule has 0 heterocycles. The third kappa shape index (κ3) is 4.33. The van der Waals surface area contributed by atoms with Crippen LogP contribution in [0.2, 0.25) is 0 Å². The number of rotatable bonds is 4. The fourth-order valence-electron chi connectivity index (χ4n) is 2.41. The van der Waals surface area contributed by atoms with Gasteiger partial charge in [0, 0.05) is 20.1 Å². The number of benzene rings is 2. The highest BCUT2D eigenvalue weighted by Gasteiger charge is 2.20. The summed E-state index contributed by atoms with van der Waals surface area (Å²) in [6.07, 6.45) is 2.71. The van der Waals surface area contributed by atoms with Crippen LogP contribution in [-0.4, -0.2) is 19.6 Å². The number of hydrogen-bond donors (Lipinski definition) is 2. The molecule has 1 aliphatic rings. The third-order valence-electron chi connectivity index (χ3n) is 3.80. The van der Waals surface area contributed by atoms with E-state index in [4.69, 9.17) is 0 Å². The van der Waals surface area contributed by atoms with Crippen LogP contribution in [-0.2, 0) is 6.54 Å². The van der Waals surface area contributed by atoms with Crippen LogP contribution in [0.4, 0.5) is 0 Å². The molecule has 0 radical (unpaired) electrons. The Labute approximate surface area is 143 Å². The van der Waals surface area contributed by atoms with Gasteiger partial charge in [-0.2, -0.15) is 0 Å². The van der Waals surface area contributed by atoms with E-state index in [1.807, 2.05) is 7.05 Å². The van der Waals surface area contributed by atoms with Gasteiger partial charge in [-0.1, -0.05) is 42.5 Å². The molecule has 4 heteroatoms. The SMILES string of the molecule is CN=C(NCc1cccc2ccccc12)NCC1CC1.I. The lowest BCUT2D eigenvalue weighted by Crippen LogP contribution is -2.37. The van der Waals surface area contributed by atoms with Crippen molar-refractivity contribution in [3.8, 4) is 0 Å². The average Bonchev–Trinajstić information content (AvgIpc) is 3.32. The standard InChI is InChI=1S/C17H21N3.HI/c1-18-17(19-11-13-9-10-13)20-12-15-7-4-6-14-5-2-3-8-16(14)15;/h2-8,13H,9-12H2,1H3,(H2,18,19,20);1H. The zero-order chi connectivity index (χ0) is 13.8. The van der Waals surface area contributed by atoms with E-state index < -0.39 is 0 Å². The predicted molar refractivity (Wildman–Crippen MR) is 100 cm³/mol. The Morgan fingerprint density at radius 3 is 2.62 bits per heavy atom. The van der Waals surface area contributed by atoms with Crippen molar-refractivity contribution in [2.45, 2.75) is 19.4 Å². The first kappa shape index (κ1) is 16.1. The molecule has 1 fully saturated rings. The Morgan fingerprint density at radius 1 is 1.10 bits per heavy atom. The maximum Gasteiger partial charge on any atom is 0.191 e. The monoisotopic (exact) mass is 395 g/mol. The Balaban J connectivity index is 0.00000161. The minimum Gasteiger partial charge on any atom is -0.356 e. The summed E-state index contributed by atoms with van der Waals surface area (Å²) < 4.78 is 0. The molecule has 1 aliphatic carbocycles. The van der Waals surface area contributed by atoms with Crippen LogP contribution < -0.4 is 10.6 Å². The van der Waals surface area contributed by atoms with E-state index in [0.717, 1.165) is 25.0 Å². The summed E-state index contributed by atoms with van der Waals surface area (Å²) in [6.45, 7) is 1.83. The molecular weight excluding hydrogens is 373 g/mol. The first-order chi connectivity index (χ1) is 9.86. The molecule has 112 valence electrons. The van der Waals surface area contributed by atoms with E-state index in [9.17, 15) is 0 Å². The third-order valence-corrected chi connectivity index (χ3v) is 3.80. The molecule has 0 saturated heterocycles. The molecule has 0 amide bonds. The van der Waals surface area contributed by atoms with Crippen LogP contribution in [0.15, 0.2) is 47.5 Å². The van der Waals surface area contributed by atoms with Gasteiger partial charge in [-0.3, -0.25) is 4.99 Å². The fourth-order valence-corrected chi connectivity index (χ4v) is 2.41. The molecule has 1 saturated carbocycles. The topological polar surface area (TPSA) is 36.4 Å². The molecule has 0 atom stereocenters. The maximum absolute atomic E-state index is 4.28. The fraction of sp³-hybridized carbons (Fsp3) is 0.353. The summed E-state index contributed by atoms with van der Waals surface area (Å²) in [5.74, 6) is 1.75. The number of aliphatic imine (C=N–C) groups is 1. The van der Waals surface area contributed by atoms with E-state index in [2.05, 4.69) is 58.1 Å². The molecule has 3 rings (SSSR count). The second-order valence-corrected chi connectivity index (χ2v) is 5.39. The maximum atomic E-state index is 4.28. The van der Waals surface area contributed by atoms with Crippen molar-refractivity contribution in [1.82, 2.24) is 10.6 Å². The number of guanidine groups is 1.